The Morgan fingerprint density at radius 1 is 1.11 bits per heavy atom. The molecule has 1 aromatic rings. The summed E-state index contributed by atoms with van der Waals surface area (Å²) in [5.41, 5.74) is 1.12. The van der Waals surface area contributed by atoms with E-state index in [2.05, 4.69) is 15.9 Å². The van der Waals surface area contributed by atoms with E-state index in [0.29, 0.717) is 11.4 Å². The van der Waals surface area contributed by atoms with E-state index in [1.807, 2.05) is 12.1 Å². The molecule has 2 rings (SSSR count). The third kappa shape index (κ3) is 4.36. The van der Waals surface area contributed by atoms with Crippen molar-refractivity contribution in [3.05, 3.63) is 33.8 Å². The van der Waals surface area contributed by atoms with E-state index in [1.54, 1.807) is 6.07 Å². The molecule has 3 nitrogen and oxygen atoms in total. The lowest BCUT2D eigenvalue weighted by molar-refractivity contribution is 0.129. The zero-order chi connectivity index (χ0) is 13.7. The van der Waals surface area contributed by atoms with Crippen molar-refractivity contribution in [3.8, 4) is 6.07 Å². The van der Waals surface area contributed by atoms with Gasteiger partial charge < -0.3 is 0 Å². The maximum absolute atomic E-state index is 8.58. The van der Waals surface area contributed by atoms with Crippen molar-refractivity contribution in [1.82, 2.24) is 9.80 Å². The number of rotatable bonds is 4. The maximum atomic E-state index is 8.58. The molecule has 1 aliphatic heterocycles. The largest absolute Gasteiger partial charge is 0.300 e. The van der Waals surface area contributed by atoms with Crippen molar-refractivity contribution in [1.29, 1.82) is 5.26 Å². The molecule has 0 atom stereocenters. The summed E-state index contributed by atoms with van der Waals surface area (Å²) in [5.74, 6) is 0. The summed E-state index contributed by atoms with van der Waals surface area (Å²) in [5, 5.41) is 10.00. The van der Waals surface area contributed by atoms with Crippen LogP contribution in [-0.2, 0) is 6.54 Å². The highest BCUT2D eigenvalue weighted by molar-refractivity contribution is 6.35. The number of benzene rings is 1. The van der Waals surface area contributed by atoms with Crippen molar-refractivity contribution >= 4 is 23.2 Å². The van der Waals surface area contributed by atoms with Gasteiger partial charge in [-0.3, -0.25) is 9.80 Å². The monoisotopic (exact) mass is 297 g/mol. The Labute approximate surface area is 124 Å². The second-order valence-corrected chi connectivity index (χ2v) is 5.61. The van der Waals surface area contributed by atoms with Crippen LogP contribution in [-0.4, -0.2) is 42.5 Å². The number of halogens is 2. The second-order valence-electron chi connectivity index (χ2n) is 4.76. The van der Waals surface area contributed by atoms with Gasteiger partial charge in [0, 0.05) is 55.7 Å². The molecule has 0 spiro atoms. The van der Waals surface area contributed by atoms with Gasteiger partial charge in [0.05, 0.1) is 6.07 Å². The predicted molar refractivity (Wildman–Crippen MR) is 78.4 cm³/mol. The van der Waals surface area contributed by atoms with E-state index in [0.717, 1.165) is 49.9 Å². The minimum Gasteiger partial charge on any atom is -0.300 e. The van der Waals surface area contributed by atoms with Crippen molar-refractivity contribution in [2.45, 2.75) is 13.0 Å². The van der Waals surface area contributed by atoms with E-state index in [1.165, 1.54) is 0 Å². The fraction of sp³-hybridized carbons (Fsp3) is 0.500. The summed E-state index contributed by atoms with van der Waals surface area (Å²) in [6.07, 6.45) is 0.614. The van der Waals surface area contributed by atoms with Crippen LogP contribution in [0.25, 0.3) is 0 Å². The molecule has 0 N–H and O–H groups in total. The number of nitriles is 1. The van der Waals surface area contributed by atoms with E-state index in [9.17, 15) is 0 Å². The molecule has 0 saturated carbocycles. The fourth-order valence-electron chi connectivity index (χ4n) is 2.27. The Bertz CT molecular complexity index is 462. The van der Waals surface area contributed by atoms with Crippen LogP contribution in [0, 0.1) is 11.3 Å². The van der Waals surface area contributed by atoms with Crippen molar-refractivity contribution < 1.29 is 0 Å². The average molecular weight is 298 g/mol. The van der Waals surface area contributed by atoms with Gasteiger partial charge in [0.25, 0.3) is 0 Å². The zero-order valence-corrected chi connectivity index (χ0v) is 12.3. The summed E-state index contributed by atoms with van der Waals surface area (Å²) in [6.45, 7) is 5.82. The molecule has 102 valence electrons. The Morgan fingerprint density at radius 3 is 2.42 bits per heavy atom. The SMILES string of the molecule is N#CCCN1CCN(Cc2ccc(Cl)cc2Cl)CC1. The van der Waals surface area contributed by atoms with Gasteiger partial charge in [-0.15, -0.1) is 0 Å². The lowest BCUT2D eigenvalue weighted by Gasteiger charge is -2.34. The lowest BCUT2D eigenvalue weighted by Crippen LogP contribution is -2.46. The molecule has 1 heterocycles. The standard InChI is InChI=1S/C14H17Cl2N3/c15-13-3-2-12(14(16)10-13)11-19-8-6-18(7-9-19)5-1-4-17/h2-3,10H,1,5-9,11H2. The van der Waals surface area contributed by atoms with E-state index in [4.69, 9.17) is 28.5 Å². The first-order chi connectivity index (χ1) is 9.19. The van der Waals surface area contributed by atoms with Gasteiger partial charge in [0.15, 0.2) is 0 Å². The molecule has 0 aromatic heterocycles. The van der Waals surface area contributed by atoms with Crippen LogP contribution < -0.4 is 0 Å². The molecule has 0 aliphatic carbocycles. The first kappa shape index (κ1) is 14.6. The highest BCUT2D eigenvalue weighted by Gasteiger charge is 2.17. The fourth-order valence-corrected chi connectivity index (χ4v) is 2.74. The highest BCUT2D eigenvalue weighted by Crippen LogP contribution is 2.22. The van der Waals surface area contributed by atoms with Gasteiger partial charge >= 0.3 is 0 Å². The summed E-state index contributed by atoms with van der Waals surface area (Å²) in [6, 6.07) is 7.86. The molecule has 1 aromatic carbocycles. The number of piperazine rings is 1. The molecular weight excluding hydrogens is 281 g/mol. The third-order valence-electron chi connectivity index (χ3n) is 3.41. The molecule has 5 heteroatoms. The minimum atomic E-state index is 0.614. The molecule has 19 heavy (non-hydrogen) atoms. The Kier molecular flexibility index (Phi) is 5.47. The van der Waals surface area contributed by atoms with Gasteiger partial charge in [0.2, 0.25) is 0 Å². The Morgan fingerprint density at radius 2 is 1.79 bits per heavy atom. The van der Waals surface area contributed by atoms with Gasteiger partial charge in [-0.1, -0.05) is 29.3 Å². The van der Waals surface area contributed by atoms with Crippen LogP contribution in [0.4, 0.5) is 0 Å². The van der Waals surface area contributed by atoms with Gasteiger partial charge in [-0.2, -0.15) is 5.26 Å². The van der Waals surface area contributed by atoms with Gasteiger partial charge in [-0.05, 0) is 17.7 Å². The van der Waals surface area contributed by atoms with Crippen molar-refractivity contribution in [3.63, 3.8) is 0 Å². The summed E-state index contributed by atoms with van der Waals surface area (Å²) < 4.78 is 0. The molecule has 1 aliphatic rings. The molecule has 0 amide bonds. The van der Waals surface area contributed by atoms with Crippen LogP contribution in [0.15, 0.2) is 18.2 Å². The molecule has 0 radical (unpaired) electrons. The summed E-state index contributed by atoms with van der Waals surface area (Å²) in [7, 11) is 0. The molecule has 0 unspecified atom stereocenters. The average Bonchev–Trinajstić information content (AvgIpc) is 2.41. The number of nitrogens with zero attached hydrogens (tertiary/aromatic N) is 3. The third-order valence-corrected chi connectivity index (χ3v) is 4.00. The topological polar surface area (TPSA) is 30.3 Å². The summed E-state index contributed by atoms with van der Waals surface area (Å²) >= 11 is 12.1. The first-order valence-electron chi connectivity index (χ1n) is 6.44. The second kappa shape index (κ2) is 7.12. The van der Waals surface area contributed by atoms with Crippen molar-refractivity contribution in [2.24, 2.45) is 0 Å². The van der Waals surface area contributed by atoms with Crippen LogP contribution in [0.2, 0.25) is 10.0 Å². The molecule has 0 bridgehead atoms. The zero-order valence-electron chi connectivity index (χ0n) is 10.8. The van der Waals surface area contributed by atoms with Crippen LogP contribution in [0.5, 0.6) is 0 Å². The number of hydrogen-bond acceptors (Lipinski definition) is 3. The van der Waals surface area contributed by atoms with E-state index in [-0.39, 0.29) is 0 Å². The van der Waals surface area contributed by atoms with E-state index < -0.39 is 0 Å². The maximum Gasteiger partial charge on any atom is 0.0635 e. The van der Waals surface area contributed by atoms with Gasteiger partial charge in [-0.25, -0.2) is 0 Å². The quantitative estimate of drug-likeness (QED) is 0.856. The molecule has 1 fully saturated rings. The number of hydrogen-bond donors (Lipinski definition) is 0. The van der Waals surface area contributed by atoms with E-state index >= 15 is 0 Å². The molecule has 1 saturated heterocycles. The lowest BCUT2D eigenvalue weighted by atomic mass is 10.2. The molecular formula is C14H17Cl2N3. The normalized spacial score (nSPS) is 17.3. The smallest absolute Gasteiger partial charge is 0.0635 e. The minimum absolute atomic E-state index is 0.614. The predicted octanol–water partition coefficient (Wildman–Crippen LogP) is 3.02. The highest BCUT2D eigenvalue weighted by atomic mass is 35.5. The Hall–Kier alpha value is -0.790. The summed E-state index contributed by atoms with van der Waals surface area (Å²) in [4.78, 5) is 4.72. The van der Waals surface area contributed by atoms with Crippen LogP contribution in [0.3, 0.4) is 0 Å². The van der Waals surface area contributed by atoms with Gasteiger partial charge in [0.1, 0.15) is 0 Å². The van der Waals surface area contributed by atoms with Crippen molar-refractivity contribution in [2.75, 3.05) is 32.7 Å². The van der Waals surface area contributed by atoms with Crippen LogP contribution in [0.1, 0.15) is 12.0 Å². The van der Waals surface area contributed by atoms with Crippen LogP contribution >= 0.6 is 23.2 Å². The first-order valence-corrected chi connectivity index (χ1v) is 7.20. The Balaban J connectivity index is 1.84.